The van der Waals surface area contributed by atoms with Gasteiger partial charge < -0.3 is 0 Å². The average Bonchev–Trinajstić information content (AvgIpc) is 2.95. The lowest BCUT2D eigenvalue weighted by Crippen LogP contribution is -2.28. The predicted octanol–water partition coefficient (Wildman–Crippen LogP) is 2.56. The highest BCUT2D eigenvalue weighted by atomic mass is 35.5. The standard InChI is InChI=1S/C11H16ClNO2S2/c1-13(8-9-2-3-9)17(14,15)11-5-4-10(16-11)6-7-12/h4-5,9H,2-3,6-8H2,1H3. The number of thiophene rings is 1. The van der Waals surface area contributed by atoms with Crippen LogP contribution in [0.2, 0.25) is 0 Å². The van der Waals surface area contributed by atoms with Crippen LogP contribution in [-0.4, -0.2) is 32.2 Å². The molecular formula is C11H16ClNO2S2. The number of alkyl halides is 1. The van der Waals surface area contributed by atoms with Gasteiger partial charge in [-0.3, -0.25) is 0 Å². The number of hydrogen-bond donors (Lipinski definition) is 0. The Kier molecular flexibility index (Phi) is 4.13. The number of aryl methyl sites for hydroxylation is 1. The van der Waals surface area contributed by atoms with Crippen molar-refractivity contribution in [3.63, 3.8) is 0 Å². The molecule has 0 amide bonds. The Balaban J connectivity index is 2.11. The molecule has 1 aliphatic rings. The van der Waals surface area contributed by atoms with E-state index in [9.17, 15) is 8.42 Å². The Labute approximate surface area is 111 Å². The molecule has 0 saturated heterocycles. The van der Waals surface area contributed by atoms with E-state index in [1.807, 2.05) is 6.07 Å². The summed E-state index contributed by atoms with van der Waals surface area (Å²) in [5.74, 6) is 1.09. The predicted molar refractivity (Wildman–Crippen MR) is 71.3 cm³/mol. The molecule has 0 spiro atoms. The molecule has 1 fully saturated rings. The van der Waals surface area contributed by atoms with Gasteiger partial charge in [-0.25, -0.2) is 8.42 Å². The topological polar surface area (TPSA) is 37.4 Å². The first-order valence-electron chi connectivity index (χ1n) is 5.65. The second kappa shape index (κ2) is 5.26. The van der Waals surface area contributed by atoms with Gasteiger partial charge in [-0.15, -0.1) is 22.9 Å². The Morgan fingerprint density at radius 1 is 1.47 bits per heavy atom. The first-order chi connectivity index (χ1) is 8.04. The van der Waals surface area contributed by atoms with Gasteiger partial charge in [-0.2, -0.15) is 4.31 Å². The maximum Gasteiger partial charge on any atom is 0.252 e. The van der Waals surface area contributed by atoms with Gasteiger partial charge in [0.15, 0.2) is 0 Å². The summed E-state index contributed by atoms with van der Waals surface area (Å²) in [5.41, 5.74) is 0. The van der Waals surface area contributed by atoms with Gasteiger partial charge in [-0.1, -0.05) is 0 Å². The molecule has 17 heavy (non-hydrogen) atoms. The van der Waals surface area contributed by atoms with Crippen molar-refractivity contribution in [2.45, 2.75) is 23.5 Å². The lowest BCUT2D eigenvalue weighted by Gasteiger charge is -2.15. The van der Waals surface area contributed by atoms with E-state index in [-0.39, 0.29) is 0 Å². The summed E-state index contributed by atoms with van der Waals surface area (Å²) in [7, 11) is -1.62. The summed E-state index contributed by atoms with van der Waals surface area (Å²) >= 11 is 6.97. The van der Waals surface area contributed by atoms with E-state index in [2.05, 4.69) is 0 Å². The molecule has 6 heteroatoms. The van der Waals surface area contributed by atoms with Gasteiger partial charge >= 0.3 is 0 Å². The van der Waals surface area contributed by atoms with Gasteiger partial charge in [-0.05, 0) is 37.3 Å². The molecule has 0 aromatic carbocycles. The van der Waals surface area contributed by atoms with Crippen LogP contribution in [0.4, 0.5) is 0 Å². The molecule has 0 N–H and O–H groups in total. The highest BCUT2D eigenvalue weighted by Gasteiger charge is 2.29. The van der Waals surface area contributed by atoms with Gasteiger partial charge in [0.2, 0.25) is 0 Å². The minimum absolute atomic E-state index is 0.431. The first-order valence-corrected chi connectivity index (χ1v) is 8.44. The van der Waals surface area contributed by atoms with E-state index in [0.717, 1.165) is 24.1 Å². The van der Waals surface area contributed by atoms with Gasteiger partial charge in [0, 0.05) is 24.3 Å². The minimum atomic E-state index is -3.28. The van der Waals surface area contributed by atoms with Crippen molar-refractivity contribution < 1.29 is 8.42 Å². The summed E-state index contributed by atoms with van der Waals surface area (Å²) in [6.07, 6.45) is 3.04. The maximum absolute atomic E-state index is 12.2. The fraction of sp³-hybridized carbons (Fsp3) is 0.636. The Hall–Kier alpha value is -0.100. The molecule has 0 atom stereocenters. The van der Waals surface area contributed by atoms with Crippen molar-refractivity contribution in [2.75, 3.05) is 19.5 Å². The van der Waals surface area contributed by atoms with Crippen LogP contribution in [0.15, 0.2) is 16.3 Å². The molecule has 2 rings (SSSR count). The fourth-order valence-electron chi connectivity index (χ4n) is 1.64. The summed E-state index contributed by atoms with van der Waals surface area (Å²) in [4.78, 5) is 1.03. The Bertz CT molecular complexity index is 479. The number of hydrogen-bond acceptors (Lipinski definition) is 3. The number of halogens is 1. The monoisotopic (exact) mass is 293 g/mol. The van der Waals surface area contributed by atoms with Crippen LogP contribution >= 0.6 is 22.9 Å². The summed E-state index contributed by atoms with van der Waals surface area (Å²) in [6, 6.07) is 3.54. The largest absolute Gasteiger partial charge is 0.252 e. The summed E-state index contributed by atoms with van der Waals surface area (Å²) < 4.78 is 26.3. The molecule has 0 aliphatic heterocycles. The third-order valence-electron chi connectivity index (χ3n) is 2.85. The van der Waals surface area contributed by atoms with E-state index in [4.69, 9.17) is 11.6 Å². The zero-order valence-electron chi connectivity index (χ0n) is 9.73. The van der Waals surface area contributed by atoms with Gasteiger partial charge in [0.1, 0.15) is 4.21 Å². The van der Waals surface area contributed by atoms with Crippen LogP contribution in [0.3, 0.4) is 0 Å². The molecule has 1 heterocycles. The zero-order chi connectivity index (χ0) is 12.5. The SMILES string of the molecule is CN(CC1CC1)S(=O)(=O)c1ccc(CCCl)s1. The van der Waals surface area contributed by atoms with Crippen molar-refractivity contribution in [1.29, 1.82) is 0 Å². The van der Waals surface area contributed by atoms with Crippen LogP contribution < -0.4 is 0 Å². The molecule has 0 radical (unpaired) electrons. The van der Waals surface area contributed by atoms with Crippen LogP contribution in [0.25, 0.3) is 0 Å². The second-order valence-corrected chi connectivity index (χ2v) is 8.21. The lowest BCUT2D eigenvalue weighted by atomic mass is 10.4. The molecule has 1 aliphatic carbocycles. The van der Waals surface area contributed by atoms with Gasteiger partial charge in [0.05, 0.1) is 0 Å². The van der Waals surface area contributed by atoms with Crippen LogP contribution in [0, 0.1) is 5.92 Å². The fourth-order valence-corrected chi connectivity index (χ4v) is 4.77. The van der Waals surface area contributed by atoms with Crippen molar-refractivity contribution in [1.82, 2.24) is 4.31 Å². The van der Waals surface area contributed by atoms with E-state index in [0.29, 0.717) is 22.6 Å². The quantitative estimate of drug-likeness (QED) is 0.756. The highest BCUT2D eigenvalue weighted by Crippen LogP contribution is 2.32. The zero-order valence-corrected chi connectivity index (χ0v) is 12.1. The smallest absolute Gasteiger partial charge is 0.206 e. The summed E-state index contributed by atoms with van der Waals surface area (Å²) in [6.45, 7) is 0.644. The average molecular weight is 294 g/mol. The van der Waals surface area contributed by atoms with E-state index < -0.39 is 10.0 Å². The van der Waals surface area contributed by atoms with Crippen molar-refractivity contribution in [2.24, 2.45) is 5.92 Å². The normalized spacial score (nSPS) is 16.6. The van der Waals surface area contributed by atoms with Crippen LogP contribution in [-0.2, 0) is 16.4 Å². The minimum Gasteiger partial charge on any atom is -0.206 e. The third-order valence-corrected chi connectivity index (χ3v) is 6.48. The van der Waals surface area contributed by atoms with E-state index >= 15 is 0 Å². The summed E-state index contributed by atoms with van der Waals surface area (Å²) in [5, 5.41) is 0. The molecule has 3 nitrogen and oxygen atoms in total. The van der Waals surface area contributed by atoms with Crippen LogP contribution in [0.5, 0.6) is 0 Å². The Morgan fingerprint density at radius 3 is 2.76 bits per heavy atom. The third kappa shape index (κ3) is 3.22. The Morgan fingerprint density at radius 2 is 2.18 bits per heavy atom. The molecule has 96 valence electrons. The van der Waals surface area contributed by atoms with Crippen molar-refractivity contribution >= 4 is 33.0 Å². The molecular weight excluding hydrogens is 278 g/mol. The van der Waals surface area contributed by atoms with Crippen LogP contribution in [0.1, 0.15) is 17.7 Å². The number of nitrogens with zero attached hydrogens (tertiary/aromatic N) is 1. The molecule has 1 aromatic rings. The van der Waals surface area contributed by atoms with E-state index in [1.165, 1.54) is 15.6 Å². The highest BCUT2D eigenvalue weighted by molar-refractivity contribution is 7.91. The number of sulfonamides is 1. The van der Waals surface area contributed by atoms with Crippen molar-refractivity contribution in [3.8, 4) is 0 Å². The van der Waals surface area contributed by atoms with Gasteiger partial charge in [0.25, 0.3) is 10.0 Å². The van der Waals surface area contributed by atoms with Crippen molar-refractivity contribution in [3.05, 3.63) is 17.0 Å². The molecule has 1 aromatic heterocycles. The number of rotatable bonds is 6. The molecule has 0 bridgehead atoms. The first kappa shape index (κ1) is 13.3. The van der Waals surface area contributed by atoms with E-state index in [1.54, 1.807) is 13.1 Å². The maximum atomic E-state index is 12.2. The molecule has 0 unspecified atom stereocenters. The molecule has 1 saturated carbocycles. The lowest BCUT2D eigenvalue weighted by molar-refractivity contribution is 0.454. The second-order valence-electron chi connectivity index (χ2n) is 4.39.